The van der Waals surface area contributed by atoms with Gasteiger partial charge in [0.2, 0.25) is 0 Å². The van der Waals surface area contributed by atoms with Crippen LogP contribution in [0.25, 0.3) is 10.9 Å². The van der Waals surface area contributed by atoms with Crippen LogP contribution in [-0.4, -0.2) is 39.4 Å². The van der Waals surface area contributed by atoms with Crippen molar-refractivity contribution in [2.24, 2.45) is 0 Å². The quantitative estimate of drug-likeness (QED) is 0.554. The van der Waals surface area contributed by atoms with Crippen molar-refractivity contribution in [1.82, 2.24) is 9.97 Å². The van der Waals surface area contributed by atoms with Gasteiger partial charge in [-0.15, -0.1) is 0 Å². The van der Waals surface area contributed by atoms with Crippen LogP contribution in [0.2, 0.25) is 0 Å². The summed E-state index contributed by atoms with van der Waals surface area (Å²) in [4.78, 5) is 8.20. The summed E-state index contributed by atoms with van der Waals surface area (Å²) in [6, 6.07) is 5.34. The van der Waals surface area contributed by atoms with Crippen LogP contribution in [-0.2, 0) is 0 Å². The number of benzene rings is 1. The Labute approximate surface area is 98.1 Å². The SMILES string of the molecule is Nc1ccc2ncnc(NCC(O)CO)c2c1. The van der Waals surface area contributed by atoms with E-state index in [1.165, 1.54) is 6.33 Å². The number of fused-ring (bicyclic) bond motifs is 1. The van der Waals surface area contributed by atoms with E-state index in [1.807, 2.05) is 0 Å². The third-order valence-corrected chi connectivity index (χ3v) is 2.38. The molecule has 1 aromatic heterocycles. The van der Waals surface area contributed by atoms with E-state index < -0.39 is 6.10 Å². The van der Waals surface area contributed by atoms with E-state index in [0.717, 1.165) is 10.9 Å². The van der Waals surface area contributed by atoms with Crippen molar-refractivity contribution >= 4 is 22.4 Å². The van der Waals surface area contributed by atoms with E-state index in [1.54, 1.807) is 18.2 Å². The highest BCUT2D eigenvalue weighted by Gasteiger charge is 2.06. The molecule has 2 aromatic rings. The Morgan fingerprint density at radius 1 is 1.35 bits per heavy atom. The monoisotopic (exact) mass is 234 g/mol. The number of nitrogens with two attached hydrogens (primary N) is 1. The molecule has 1 atom stereocenters. The summed E-state index contributed by atoms with van der Waals surface area (Å²) in [5.74, 6) is 0.592. The zero-order valence-corrected chi connectivity index (χ0v) is 9.17. The molecule has 1 unspecified atom stereocenters. The maximum atomic E-state index is 9.27. The first-order valence-electron chi connectivity index (χ1n) is 5.23. The van der Waals surface area contributed by atoms with E-state index in [0.29, 0.717) is 11.5 Å². The van der Waals surface area contributed by atoms with E-state index >= 15 is 0 Å². The van der Waals surface area contributed by atoms with Crippen molar-refractivity contribution in [1.29, 1.82) is 0 Å². The lowest BCUT2D eigenvalue weighted by atomic mass is 10.2. The summed E-state index contributed by atoms with van der Waals surface area (Å²) >= 11 is 0. The average Bonchev–Trinajstić information content (AvgIpc) is 2.35. The fourth-order valence-electron chi connectivity index (χ4n) is 1.49. The van der Waals surface area contributed by atoms with Gasteiger partial charge in [-0.2, -0.15) is 0 Å². The first-order chi connectivity index (χ1) is 8.20. The number of aliphatic hydroxyl groups excluding tert-OH is 2. The molecule has 5 N–H and O–H groups in total. The van der Waals surface area contributed by atoms with Gasteiger partial charge in [-0.3, -0.25) is 0 Å². The molecule has 0 saturated carbocycles. The van der Waals surface area contributed by atoms with Gasteiger partial charge in [0.1, 0.15) is 12.1 Å². The topological polar surface area (TPSA) is 104 Å². The smallest absolute Gasteiger partial charge is 0.137 e. The second-order valence-electron chi connectivity index (χ2n) is 3.72. The largest absolute Gasteiger partial charge is 0.399 e. The summed E-state index contributed by atoms with van der Waals surface area (Å²) in [5.41, 5.74) is 7.10. The van der Waals surface area contributed by atoms with E-state index in [9.17, 15) is 5.11 Å². The molecule has 6 heteroatoms. The number of aromatic nitrogens is 2. The summed E-state index contributed by atoms with van der Waals surface area (Å²) < 4.78 is 0. The Morgan fingerprint density at radius 2 is 2.18 bits per heavy atom. The molecule has 2 rings (SSSR count). The van der Waals surface area contributed by atoms with Crippen LogP contribution in [0.15, 0.2) is 24.5 Å². The molecule has 0 bridgehead atoms. The number of nitrogens with zero attached hydrogens (tertiary/aromatic N) is 2. The first kappa shape index (κ1) is 11.6. The van der Waals surface area contributed by atoms with Gasteiger partial charge in [0.05, 0.1) is 18.2 Å². The Kier molecular flexibility index (Phi) is 3.36. The molecule has 0 aliphatic heterocycles. The van der Waals surface area contributed by atoms with Gasteiger partial charge < -0.3 is 21.3 Å². The van der Waals surface area contributed by atoms with Crippen LogP contribution >= 0.6 is 0 Å². The van der Waals surface area contributed by atoms with Gasteiger partial charge in [-0.25, -0.2) is 9.97 Å². The molecular weight excluding hydrogens is 220 g/mol. The lowest BCUT2D eigenvalue weighted by molar-refractivity contribution is 0.105. The normalized spacial score (nSPS) is 12.6. The molecule has 0 spiro atoms. The molecule has 0 saturated heterocycles. The third-order valence-electron chi connectivity index (χ3n) is 2.38. The van der Waals surface area contributed by atoms with Gasteiger partial charge in [0.15, 0.2) is 0 Å². The van der Waals surface area contributed by atoms with Gasteiger partial charge in [0, 0.05) is 17.6 Å². The van der Waals surface area contributed by atoms with Crippen molar-refractivity contribution < 1.29 is 10.2 Å². The maximum Gasteiger partial charge on any atom is 0.137 e. The van der Waals surface area contributed by atoms with Crippen molar-refractivity contribution in [3.63, 3.8) is 0 Å². The fraction of sp³-hybridized carbons (Fsp3) is 0.273. The Hall–Kier alpha value is -1.92. The molecule has 90 valence electrons. The van der Waals surface area contributed by atoms with Crippen LogP contribution in [0, 0.1) is 0 Å². The number of anilines is 2. The van der Waals surface area contributed by atoms with Crippen LogP contribution in [0.4, 0.5) is 11.5 Å². The highest BCUT2D eigenvalue weighted by atomic mass is 16.3. The van der Waals surface area contributed by atoms with Gasteiger partial charge in [0.25, 0.3) is 0 Å². The van der Waals surface area contributed by atoms with E-state index in [2.05, 4.69) is 15.3 Å². The summed E-state index contributed by atoms with van der Waals surface area (Å²) in [5, 5.41) is 21.7. The molecule has 0 radical (unpaired) electrons. The van der Waals surface area contributed by atoms with Crippen molar-refractivity contribution in [2.75, 3.05) is 24.2 Å². The van der Waals surface area contributed by atoms with Gasteiger partial charge >= 0.3 is 0 Å². The average molecular weight is 234 g/mol. The summed E-state index contributed by atoms with van der Waals surface area (Å²) in [6.45, 7) is -0.0738. The minimum Gasteiger partial charge on any atom is -0.399 e. The molecule has 0 fully saturated rings. The first-order valence-corrected chi connectivity index (χ1v) is 5.23. The zero-order chi connectivity index (χ0) is 12.3. The third kappa shape index (κ3) is 2.61. The maximum absolute atomic E-state index is 9.27. The number of rotatable bonds is 4. The second-order valence-corrected chi connectivity index (χ2v) is 3.72. The second kappa shape index (κ2) is 4.94. The van der Waals surface area contributed by atoms with Crippen LogP contribution in [0.1, 0.15) is 0 Å². The van der Waals surface area contributed by atoms with Crippen molar-refractivity contribution in [3.05, 3.63) is 24.5 Å². The fourth-order valence-corrected chi connectivity index (χ4v) is 1.49. The molecular formula is C11H14N4O2. The highest BCUT2D eigenvalue weighted by Crippen LogP contribution is 2.21. The molecule has 0 amide bonds. The van der Waals surface area contributed by atoms with Gasteiger partial charge in [-0.05, 0) is 18.2 Å². The van der Waals surface area contributed by atoms with Crippen LogP contribution in [0.3, 0.4) is 0 Å². The zero-order valence-electron chi connectivity index (χ0n) is 9.17. The minimum absolute atomic E-state index is 0.220. The molecule has 0 aliphatic rings. The molecule has 17 heavy (non-hydrogen) atoms. The van der Waals surface area contributed by atoms with Gasteiger partial charge in [-0.1, -0.05) is 0 Å². The lowest BCUT2D eigenvalue weighted by Gasteiger charge is -2.11. The van der Waals surface area contributed by atoms with Crippen LogP contribution < -0.4 is 11.1 Å². The van der Waals surface area contributed by atoms with E-state index in [4.69, 9.17) is 10.8 Å². The Morgan fingerprint density at radius 3 is 2.94 bits per heavy atom. The number of hydrogen-bond donors (Lipinski definition) is 4. The molecule has 0 aliphatic carbocycles. The van der Waals surface area contributed by atoms with Crippen molar-refractivity contribution in [2.45, 2.75) is 6.10 Å². The van der Waals surface area contributed by atoms with Crippen molar-refractivity contribution in [3.8, 4) is 0 Å². The number of hydrogen-bond acceptors (Lipinski definition) is 6. The summed E-state index contributed by atoms with van der Waals surface area (Å²) in [6.07, 6.45) is 0.618. The minimum atomic E-state index is -0.818. The highest BCUT2D eigenvalue weighted by molar-refractivity contribution is 5.91. The number of aliphatic hydroxyl groups is 2. The van der Waals surface area contributed by atoms with E-state index in [-0.39, 0.29) is 13.2 Å². The standard InChI is InChI=1S/C11H14N4O2/c12-7-1-2-10-9(3-7)11(15-6-14-10)13-4-8(17)5-16/h1-3,6,8,16-17H,4-5,12H2,(H,13,14,15). The number of nitrogen functional groups attached to an aromatic ring is 1. The predicted octanol–water partition coefficient (Wildman–Crippen LogP) is -0.0229. The predicted molar refractivity (Wildman–Crippen MR) is 65.5 cm³/mol. The Bertz CT molecular complexity index is 518. The summed E-state index contributed by atoms with van der Waals surface area (Å²) in [7, 11) is 0. The van der Waals surface area contributed by atoms with Crippen LogP contribution in [0.5, 0.6) is 0 Å². The number of nitrogens with one attached hydrogen (secondary N) is 1. The molecule has 6 nitrogen and oxygen atoms in total. The molecule has 1 aromatic carbocycles. The lowest BCUT2D eigenvalue weighted by Crippen LogP contribution is -2.23. The Balaban J connectivity index is 2.30. The molecule has 1 heterocycles.